The SMILES string of the molecule is CCN1CCC(n2c(=O)n(C)c3cc(-c4cc(C(=O)NCc5c(C)cc(C)[nH]c5=O)c(C)c(N(CC)C5CCOCC5)c4)ccc32)CC1. The Labute approximate surface area is 282 Å². The van der Waals surface area contributed by atoms with Gasteiger partial charge in [0.15, 0.2) is 0 Å². The summed E-state index contributed by atoms with van der Waals surface area (Å²) in [6.45, 7) is 15.5. The summed E-state index contributed by atoms with van der Waals surface area (Å²) in [7, 11) is 1.85. The normalized spacial score (nSPS) is 16.5. The molecule has 0 bridgehead atoms. The second-order valence-electron chi connectivity index (χ2n) is 13.5. The van der Waals surface area contributed by atoms with Crippen molar-refractivity contribution in [3.8, 4) is 11.1 Å². The van der Waals surface area contributed by atoms with Gasteiger partial charge in [-0.05, 0) is 113 Å². The minimum absolute atomic E-state index is 0.0137. The molecule has 0 aliphatic carbocycles. The first-order valence-corrected chi connectivity index (χ1v) is 17.5. The molecule has 0 spiro atoms. The van der Waals surface area contributed by atoms with E-state index in [-0.39, 0.29) is 29.7 Å². The number of benzene rings is 2. The number of fused-ring (bicyclic) bond motifs is 1. The van der Waals surface area contributed by atoms with Gasteiger partial charge in [-0.25, -0.2) is 4.79 Å². The fourth-order valence-corrected chi connectivity index (χ4v) is 7.78. The van der Waals surface area contributed by atoms with Gasteiger partial charge in [0.25, 0.3) is 11.5 Å². The molecule has 4 aromatic rings. The third kappa shape index (κ3) is 6.48. The van der Waals surface area contributed by atoms with Crippen LogP contribution in [0.15, 0.2) is 46.0 Å². The first-order chi connectivity index (χ1) is 23.1. The number of aromatic amines is 1. The number of aromatic nitrogens is 3. The highest BCUT2D eigenvalue weighted by atomic mass is 16.5. The summed E-state index contributed by atoms with van der Waals surface area (Å²) in [6, 6.07) is 12.8. The number of ether oxygens (including phenoxy) is 1. The van der Waals surface area contributed by atoms with Crippen LogP contribution >= 0.6 is 0 Å². The summed E-state index contributed by atoms with van der Waals surface area (Å²) in [6.07, 6.45) is 3.77. The smallest absolute Gasteiger partial charge is 0.329 e. The molecule has 4 heterocycles. The molecule has 2 fully saturated rings. The van der Waals surface area contributed by atoms with E-state index in [1.165, 1.54) is 0 Å². The zero-order chi connectivity index (χ0) is 34.1. The Morgan fingerprint density at radius 1 is 0.958 bits per heavy atom. The number of piperidine rings is 1. The lowest BCUT2D eigenvalue weighted by Crippen LogP contribution is -2.40. The third-order valence-electron chi connectivity index (χ3n) is 10.6. The molecule has 1 amide bonds. The van der Waals surface area contributed by atoms with Crippen molar-refractivity contribution in [1.29, 1.82) is 0 Å². The van der Waals surface area contributed by atoms with E-state index in [2.05, 4.69) is 58.2 Å². The van der Waals surface area contributed by atoms with Crippen molar-refractivity contribution in [1.82, 2.24) is 24.3 Å². The zero-order valence-electron chi connectivity index (χ0n) is 29.3. The van der Waals surface area contributed by atoms with Crippen molar-refractivity contribution in [3.05, 3.63) is 85.2 Å². The van der Waals surface area contributed by atoms with Gasteiger partial charge in [0.1, 0.15) is 0 Å². The van der Waals surface area contributed by atoms with E-state index >= 15 is 0 Å². The molecule has 0 radical (unpaired) electrons. The summed E-state index contributed by atoms with van der Waals surface area (Å²) in [5.74, 6) is -0.226. The Morgan fingerprint density at radius 2 is 1.69 bits per heavy atom. The molecular weight excluding hydrogens is 604 g/mol. The predicted molar refractivity (Wildman–Crippen MR) is 192 cm³/mol. The van der Waals surface area contributed by atoms with Crippen LogP contribution in [0.5, 0.6) is 0 Å². The number of hydrogen-bond acceptors (Lipinski definition) is 6. The highest BCUT2D eigenvalue weighted by molar-refractivity contribution is 5.99. The summed E-state index contributed by atoms with van der Waals surface area (Å²) in [4.78, 5) is 48.0. The average Bonchev–Trinajstić information content (AvgIpc) is 3.34. The molecule has 0 saturated carbocycles. The first kappa shape index (κ1) is 33.7. The van der Waals surface area contributed by atoms with Gasteiger partial charge in [0.2, 0.25) is 0 Å². The maximum atomic E-state index is 14.0. The molecule has 48 heavy (non-hydrogen) atoms. The second kappa shape index (κ2) is 14.1. The molecule has 10 nitrogen and oxygen atoms in total. The van der Waals surface area contributed by atoms with E-state index in [4.69, 9.17) is 4.74 Å². The number of nitrogens with one attached hydrogen (secondary N) is 2. The van der Waals surface area contributed by atoms with Gasteiger partial charge in [0, 0.05) is 81.0 Å². The average molecular weight is 655 g/mol. The number of H-pyrrole nitrogens is 1. The lowest BCUT2D eigenvalue weighted by Gasteiger charge is -2.37. The number of nitrogens with zero attached hydrogens (tertiary/aromatic N) is 4. The molecule has 6 rings (SSSR count). The lowest BCUT2D eigenvalue weighted by molar-refractivity contribution is 0.0846. The highest BCUT2D eigenvalue weighted by Gasteiger charge is 2.27. The number of pyridine rings is 1. The molecular formula is C38H50N6O4. The molecule has 0 unspecified atom stereocenters. The monoisotopic (exact) mass is 654 g/mol. The van der Waals surface area contributed by atoms with Crippen LogP contribution in [-0.4, -0.2) is 70.4 Å². The van der Waals surface area contributed by atoms with E-state index < -0.39 is 0 Å². The van der Waals surface area contributed by atoms with Crippen LogP contribution in [0, 0.1) is 20.8 Å². The van der Waals surface area contributed by atoms with Crippen LogP contribution < -0.4 is 21.5 Å². The number of amides is 1. The van der Waals surface area contributed by atoms with Crippen LogP contribution in [0.3, 0.4) is 0 Å². The minimum Gasteiger partial charge on any atom is -0.381 e. The Kier molecular flexibility index (Phi) is 9.94. The van der Waals surface area contributed by atoms with E-state index in [0.717, 1.165) is 110 Å². The lowest BCUT2D eigenvalue weighted by atomic mass is 9.95. The van der Waals surface area contributed by atoms with Gasteiger partial charge in [-0.15, -0.1) is 0 Å². The standard InChI is InChI=1S/C38H50N6O4/c1-7-42-15-11-30(12-16-42)44-33-10-9-27(21-35(33)41(6)38(44)47)28-20-31(36(45)39-23-32-24(3)19-25(4)40-37(32)46)26(5)34(22-28)43(8-2)29-13-17-48-18-14-29/h9-10,19-22,29-30H,7-8,11-18,23H2,1-6H3,(H,39,45)(H,40,46). The molecule has 2 aromatic heterocycles. The van der Waals surface area contributed by atoms with Crippen molar-refractivity contribution in [2.45, 2.75) is 78.9 Å². The number of imidazole rings is 1. The predicted octanol–water partition coefficient (Wildman–Crippen LogP) is 5.21. The first-order valence-electron chi connectivity index (χ1n) is 17.5. The molecule has 10 heteroatoms. The molecule has 2 aliphatic heterocycles. The molecule has 2 aliphatic rings. The summed E-state index contributed by atoms with van der Waals surface area (Å²) in [5.41, 5.74) is 8.20. The van der Waals surface area contributed by atoms with Crippen LogP contribution in [0.25, 0.3) is 22.2 Å². The number of likely N-dealkylation sites (tertiary alicyclic amines) is 1. The minimum atomic E-state index is -0.226. The Balaban J connectivity index is 1.41. The molecule has 2 aromatic carbocycles. The van der Waals surface area contributed by atoms with Crippen LogP contribution in [0.2, 0.25) is 0 Å². The molecule has 2 saturated heterocycles. The maximum absolute atomic E-state index is 14.0. The van der Waals surface area contributed by atoms with Crippen LogP contribution in [0.4, 0.5) is 5.69 Å². The van der Waals surface area contributed by atoms with E-state index in [1.54, 1.807) is 4.57 Å². The number of aryl methyl sites for hydroxylation is 3. The van der Waals surface area contributed by atoms with Gasteiger partial charge in [0.05, 0.1) is 11.0 Å². The van der Waals surface area contributed by atoms with Crippen molar-refractivity contribution in [3.63, 3.8) is 0 Å². The van der Waals surface area contributed by atoms with Gasteiger partial charge < -0.3 is 24.8 Å². The number of hydrogen-bond donors (Lipinski definition) is 2. The summed E-state index contributed by atoms with van der Waals surface area (Å²) in [5, 5.41) is 3.04. The molecule has 256 valence electrons. The maximum Gasteiger partial charge on any atom is 0.329 e. The Morgan fingerprint density at radius 3 is 2.35 bits per heavy atom. The van der Waals surface area contributed by atoms with Crippen LogP contribution in [-0.2, 0) is 18.3 Å². The Bertz CT molecular complexity index is 1920. The van der Waals surface area contributed by atoms with E-state index in [0.29, 0.717) is 17.2 Å². The fourth-order valence-electron chi connectivity index (χ4n) is 7.78. The number of rotatable bonds is 9. The molecule has 2 N–H and O–H groups in total. The fraction of sp³-hybridized carbons (Fsp3) is 0.500. The van der Waals surface area contributed by atoms with Crippen molar-refractivity contribution in [2.24, 2.45) is 7.05 Å². The van der Waals surface area contributed by atoms with E-state index in [9.17, 15) is 14.4 Å². The Hall–Kier alpha value is -4.15. The summed E-state index contributed by atoms with van der Waals surface area (Å²) >= 11 is 0. The van der Waals surface area contributed by atoms with Gasteiger partial charge in [-0.1, -0.05) is 13.0 Å². The largest absolute Gasteiger partial charge is 0.381 e. The van der Waals surface area contributed by atoms with Crippen molar-refractivity contribution >= 4 is 22.6 Å². The van der Waals surface area contributed by atoms with Crippen molar-refractivity contribution in [2.75, 3.05) is 44.3 Å². The van der Waals surface area contributed by atoms with Gasteiger partial charge >= 0.3 is 5.69 Å². The van der Waals surface area contributed by atoms with Crippen molar-refractivity contribution < 1.29 is 9.53 Å². The third-order valence-corrected chi connectivity index (χ3v) is 10.6. The highest BCUT2D eigenvalue weighted by Crippen LogP contribution is 2.35. The van der Waals surface area contributed by atoms with Gasteiger partial charge in [-0.2, -0.15) is 0 Å². The second-order valence-corrected chi connectivity index (χ2v) is 13.5. The topological polar surface area (TPSA) is 105 Å². The van der Waals surface area contributed by atoms with E-state index in [1.807, 2.05) is 44.5 Å². The number of carbonyl (C=O) groups is 1. The molecule has 0 atom stereocenters. The van der Waals surface area contributed by atoms with Gasteiger partial charge in [-0.3, -0.25) is 18.7 Å². The number of anilines is 1. The number of carbonyl (C=O) groups excluding carboxylic acids is 1. The zero-order valence-corrected chi connectivity index (χ0v) is 29.3. The quantitative estimate of drug-likeness (QED) is 0.257. The summed E-state index contributed by atoms with van der Waals surface area (Å²) < 4.78 is 9.43. The van der Waals surface area contributed by atoms with Crippen LogP contribution in [0.1, 0.15) is 78.3 Å².